The minimum Gasteiger partial charge on any atom is -0.497 e. The van der Waals surface area contributed by atoms with Crippen LogP contribution in [-0.2, 0) is 6.61 Å². The van der Waals surface area contributed by atoms with Crippen LogP contribution in [0.3, 0.4) is 0 Å². The predicted molar refractivity (Wildman–Crippen MR) is 76.2 cm³/mol. The summed E-state index contributed by atoms with van der Waals surface area (Å²) in [6, 6.07) is 8.77. The zero-order chi connectivity index (χ0) is 14.5. The van der Waals surface area contributed by atoms with Gasteiger partial charge >= 0.3 is 5.97 Å². The Morgan fingerprint density at radius 1 is 1.35 bits per heavy atom. The third kappa shape index (κ3) is 3.48. The summed E-state index contributed by atoms with van der Waals surface area (Å²) < 4.78 is 11.1. The van der Waals surface area contributed by atoms with Crippen LogP contribution >= 0.6 is 15.9 Å². The van der Waals surface area contributed by atoms with Gasteiger partial charge in [0.15, 0.2) is 0 Å². The lowest BCUT2D eigenvalue weighted by molar-refractivity contribution is 0.0690. The molecular weight excluding hydrogens is 326 g/mol. The molecule has 0 saturated heterocycles. The Labute approximate surface area is 124 Å². The number of pyridine rings is 1. The maximum atomic E-state index is 11.1. The van der Waals surface area contributed by atoms with Crippen molar-refractivity contribution in [2.45, 2.75) is 6.61 Å². The van der Waals surface area contributed by atoms with E-state index in [1.807, 2.05) is 24.3 Å². The van der Waals surface area contributed by atoms with Gasteiger partial charge in [-0.05, 0) is 39.7 Å². The number of halogens is 1. The molecule has 0 aliphatic carbocycles. The van der Waals surface area contributed by atoms with Gasteiger partial charge in [0, 0.05) is 10.7 Å². The van der Waals surface area contributed by atoms with E-state index in [2.05, 4.69) is 20.9 Å². The van der Waals surface area contributed by atoms with Crippen molar-refractivity contribution in [2.24, 2.45) is 0 Å². The molecule has 0 fully saturated rings. The topological polar surface area (TPSA) is 68.7 Å². The molecule has 0 bridgehead atoms. The normalized spacial score (nSPS) is 10.1. The van der Waals surface area contributed by atoms with Crippen LogP contribution in [0.1, 0.15) is 15.9 Å². The molecule has 0 atom stereocenters. The second-order valence-electron chi connectivity index (χ2n) is 3.95. The summed E-state index contributed by atoms with van der Waals surface area (Å²) >= 11 is 3.18. The van der Waals surface area contributed by atoms with Crippen LogP contribution in [0.5, 0.6) is 11.6 Å². The molecule has 1 aromatic heterocycles. The molecule has 6 heteroatoms. The minimum atomic E-state index is -1.08. The van der Waals surface area contributed by atoms with Crippen molar-refractivity contribution in [1.82, 2.24) is 4.98 Å². The number of carbonyl (C=O) groups is 1. The van der Waals surface area contributed by atoms with Crippen molar-refractivity contribution >= 4 is 21.9 Å². The van der Waals surface area contributed by atoms with Gasteiger partial charge in [0.2, 0.25) is 5.88 Å². The monoisotopic (exact) mass is 337 g/mol. The highest BCUT2D eigenvalue weighted by Crippen LogP contribution is 2.21. The van der Waals surface area contributed by atoms with Crippen molar-refractivity contribution in [3.8, 4) is 11.6 Å². The molecule has 0 aliphatic rings. The van der Waals surface area contributed by atoms with Crippen LogP contribution in [0.4, 0.5) is 0 Å². The number of aromatic carboxylic acids is 1. The Balaban J connectivity index is 2.12. The molecule has 104 valence electrons. The summed E-state index contributed by atoms with van der Waals surface area (Å²) in [7, 11) is 1.59. The molecule has 20 heavy (non-hydrogen) atoms. The van der Waals surface area contributed by atoms with Crippen molar-refractivity contribution in [1.29, 1.82) is 0 Å². The molecule has 5 nitrogen and oxygen atoms in total. The first kappa shape index (κ1) is 14.3. The van der Waals surface area contributed by atoms with Crippen LogP contribution in [0.15, 0.2) is 41.0 Å². The molecule has 2 aromatic rings. The summed E-state index contributed by atoms with van der Waals surface area (Å²) in [6.07, 6.45) is 1.50. The lowest BCUT2D eigenvalue weighted by Gasteiger charge is -2.08. The summed E-state index contributed by atoms with van der Waals surface area (Å²) in [5.41, 5.74) is 0.916. The van der Waals surface area contributed by atoms with Crippen LogP contribution in [0.2, 0.25) is 0 Å². The highest BCUT2D eigenvalue weighted by atomic mass is 79.9. The van der Waals surface area contributed by atoms with E-state index >= 15 is 0 Å². The van der Waals surface area contributed by atoms with Gasteiger partial charge in [0.1, 0.15) is 17.9 Å². The van der Waals surface area contributed by atoms with Gasteiger partial charge in [-0.1, -0.05) is 12.1 Å². The van der Waals surface area contributed by atoms with E-state index in [4.69, 9.17) is 14.6 Å². The maximum absolute atomic E-state index is 11.1. The molecule has 2 rings (SSSR count). The summed E-state index contributed by atoms with van der Waals surface area (Å²) in [5.74, 6) is -0.234. The molecule has 0 aliphatic heterocycles. The average Bonchev–Trinajstić information content (AvgIpc) is 2.46. The van der Waals surface area contributed by atoms with Gasteiger partial charge in [-0.3, -0.25) is 0 Å². The number of hydrogen-bond donors (Lipinski definition) is 1. The largest absolute Gasteiger partial charge is 0.497 e. The number of carboxylic acids is 1. The predicted octanol–water partition coefficient (Wildman–Crippen LogP) is 3.13. The second kappa shape index (κ2) is 6.38. The number of benzene rings is 1. The van der Waals surface area contributed by atoms with Gasteiger partial charge in [-0.15, -0.1) is 0 Å². The van der Waals surface area contributed by atoms with Crippen LogP contribution in [0, 0.1) is 0 Å². The molecule has 0 spiro atoms. The number of rotatable bonds is 5. The highest BCUT2D eigenvalue weighted by Gasteiger charge is 2.13. The van der Waals surface area contributed by atoms with Gasteiger partial charge in [-0.2, -0.15) is 0 Å². The summed E-state index contributed by atoms with van der Waals surface area (Å²) in [4.78, 5) is 15.1. The van der Waals surface area contributed by atoms with E-state index in [0.717, 1.165) is 11.3 Å². The molecular formula is C14H12BrNO4. The molecule has 1 heterocycles. The lowest BCUT2D eigenvalue weighted by atomic mass is 10.2. The number of nitrogens with zero attached hydrogens (tertiary/aromatic N) is 1. The quantitative estimate of drug-likeness (QED) is 0.907. The van der Waals surface area contributed by atoms with Gasteiger partial charge < -0.3 is 14.6 Å². The van der Waals surface area contributed by atoms with Crippen LogP contribution < -0.4 is 9.47 Å². The zero-order valence-electron chi connectivity index (χ0n) is 10.7. The fourth-order valence-corrected chi connectivity index (χ4v) is 1.90. The molecule has 0 unspecified atom stereocenters. The van der Waals surface area contributed by atoms with Crippen molar-refractivity contribution < 1.29 is 19.4 Å². The SMILES string of the molecule is COc1ccc(COc2ncc(Br)cc2C(=O)O)cc1. The van der Waals surface area contributed by atoms with E-state index in [1.165, 1.54) is 12.3 Å². The van der Waals surface area contributed by atoms with E-state index in [9.17, 15) is 4.79 Å². The number of aromatic nitrogens is 1. The fraction of sp³-hybridized carbons (Fsp3) is 0.143. The number of hydrogen-bond acceptors (Lipinski definition) is 4. The zero-order valence-corrected chi connectivity index (χ0v) is 12.3. The molecule has 1 aromatic carbocycles. The molecule has 0 saturated carbocycles. The standard InChI is InChI=1S/C14H12BrNO4/c1-19-11-4-2-9(3-5-11)8-20-13-12(14(17)18)6-10(15)7-16-13/h2-7H,8H2,1H3,(H,17,18). The molecule has 0 radical (unpaired) electrons. The first-order chi connectivity index (χ1) is 9.60. The van der Waals surface area contributed by atoms with E-state index < -0.39 is 5.97 Å². The van der Waals surface area contributed by atoms with Crippen molar-refractivity contribution in [3.63, 3.8) is 0 Å². The van der Waals surface area contributed by atoms with Gasteiger partial charge in [-0.25, -0.2) is 9.78 Å². The summed E-state index contributed by atoms with van der Waals surface area (Å²) in [5, 5.41) is 9.10. The third-order valence-electron chi connectivity index (χ3n) is 2.58. The number of carboxylic acid groups (broad SMARTS) is 1. The Morgan fingerprint density at radius 2 is 2.05 bits per heavy atom. The Bertz CT molecular complexity index is 613. The minimum absolute atomic E-state index is 0.0212. The van der Waals surface area contributed by atoms with E-state index in [0.29, 0.717) is 4.47 Å². The Hall–Kier alpha value is -2.08. The lowest BCUT2D eigenvalue weighted by Crippen LogP contribution is -2.05. The van der Waals surface area contributed by atoms with Crippen molar-refractivity contribution in [2.75, 3.05) is 7.11 Å². The average molecular weight is 338 g/mol. The highest BCUT2D eigenvalue weighted by molar-refractivity contribution is 9.10. The number of ether oxygens (including phenoxy) is 2. The maximum Gasteiger partial charge on any atom is 0.341 e. The molecule has 1 N–H and O–H groups in total. The molecule has 0 amide bonds. The van der Waals surface area contributed by atoms with Gasteiger partial charge in [0.25, 0.3) is 0 Å². The van der Waals surface area contributed by atoms with Gasteiger partial charge in [0.05, 0.1) is 7.11 Å². The smallest absolute Gasteiger partial charge is 0.341 e. The van der Waals surface area contributed by atoms with Crippen molar-refractivity contribution in [3.05, 3.63) is 52.1 Å². The second-order valence-corrected chi connectivity index (χ2v) is 4.86. The Kier molecular flexibility index (Phi) is 4.57. The fourth-order valence-electron chi connectivity index (χ4n) is 1.57. The van der Waals surface area contributed by atoms with Crippen LogP contribution in [-0.4, -0.2) is 23.2 Å². The first-order valence-electron chi connectivity index (χ1n) is 5.74. The number of methoxy groups -OCH3 is 1. The van der Waals surface area contributed by atoms with E-state index in [1.54, 1.807) is 7.11 Å². The van der Waals surface area contributed by atoms with E-state index in [-0.39, 0.29) is 18.1 Å². The third-order valence-corrected chi connectivity index (χ3v) is 3.02. The Morgan fingerprint density at radius 3 is 2.65 bits per heavy atom. The first-order valence-corrected chi connectivity index (χ1v) is 6.54. The summed E-state index contributed by atoms with van der Waals surface area (Å²) in [6.45, 7) is 0.235. The van der Waals surface area contributed by atoms with Crippen LogP contribution in [0.25, 0.3) is 0 Å².